The Bertz CT molecular complexity index is 1200. The lowest BCUT2D eigenvalue weighted by atomic mass is 10.2. The fourth-order valence-corrected chi connectivity index (χ4v) is 4.09. The number of fused-ring (bicyclic) bond motifs is 1. The second-order valence-electron chi connectivity index (χ2n) is 6.21. The zero-order chi connectivity index (χ0) is 22.6. The van der Waals surface area contributed by atoms with Crippen molar-refractivity contribution in [3.05, 3.63) is 63.2 Å². The average molecular weight is 467 g/mol. The molecule has 0 aliphatic carbocycles. The summed E-state index contributed by atoms with van der Waals surface area (Å²) in [6.45, 7) is -0.736. The molecule has 162 valence electrons. The van der Waals surface area contributed by atoms with Crippen LogP contribution in [0.1, 0.15) is 12.0 Å². The number of nitrogens with zero attached hydrogens (tertiary/aromatic N) is 2. The molecule has 0 aromatic heterocycles. The minimum Gasteiger partial charge on any atom is -0.456 e. The van der Waals surface area contributed by atoms with Crippen LogP contribution in [-0.2, 0) is 24.3 Å². The molecule has 0 fully saturated rings. The Balaban J connectivity index is 1.51. The van der Waals surface area contributed by atoms with E-state index >= 15 is 0 Å². The van der Waals surface area contributed by atoms with Gasteiger partial charge in [-0.1, -0.05) is 23.7 Å². The molecular formula is C18H15ClN4O7S. The van der Waals surface area contributed by atoms with Gasteiger partial charge in [0.25, 0.3) is 21.6 Å². The number of hydrogen-bond donors (Lipinski definition) is 2. The molecule has 0 spiro atoms. The van der Waals surface area contributed by atoms with Crippen LogP contribution in [0.5, 0.6) is 0 Å². The lowest BCUT2D eigenvalue weighted by Gasteiger charge is -2.07. The van der Waals surface area contributed by atoms with Crippen molar-refractivity contribution < 1.29 is 27.7 Å². The van der Waals surface area contributed by atoms with Crippen molar-refractivity contribution in [2.24, 2.45) is 4.99 Å². The molecule has 13 heteroatoms. The van der Waals surface area contributed by atoms with Crippen molar-refractivity contribution in [1.82, 2.24) is 4.72 Å². The standard InChI is InChI=1S/C18H15ClN4O7S/c19-11-5-6-13(14(9-11)23(26)27)21-16(24)10-30-17(25)7-8-20-18-12-3-1-2-4-15(12)31(28,29)22-18/h1-6,9H,7-8,10H2,(H,20,22)(H,21,24). The number of anilines is 1. The Hall–Kier alpha value is -3.51. The molecule has 31 heavy (non-hydrogen) atoms. The van der Waals surface area contributed by atoms with Crippen molar-refractivity contribution >= 4 is 50.7 Å². The number of rotatable bonds is 7. The van der Waals surface area contributed by atoms with E-state index in [1.807, 2.05) is 0 Å². The number of hydrogen-bond acceptors (Lipinski definition) is 8. The van der Waals surface area contributed by atoms with Crippen LogP contribution in [0.2, 0.25) is 5.02 Å². The predicted molar refractivity (Wildman–Crippen MR) is 110 cm³/mol. The molecule has 2 N–H and O–H groups in total. The Morgan fingerprint density at radius 3 is 2.71 bits per heavy atom. The third kappa shape index (κ3) is 5.35. The van der Waals surface area contributed by atoms with Gasteiger partial charge in [-0.15, -0.1) is 0 Å². The normalized spacial score (nSPS) is 15.1. The van der Waals surface area contributed by atoms with Crippen molar-refractivity contribution in [2.75, 3.05) is 18.5 Å². The van der Waals surface area contributed by atoms with E-state index in [9.17, 15) is 28.1 Å². The van der Waals surface area contributed by atoms with Gasteiger partial charge in [0, 0.05) is 16.7 Å². The first kappa shape index (κ1) is 22.2. The summed E-state index contributed by atoms with van der Waals surface area (Å²) in [4.78, 5) is 38.2. The maximum absolute atomic E-state index is 12.0. The molecule has 0 atom stereocenters. The monoisotopic (exact) mass is 466 g/mol. The van der Waals surface area contributed by atoms with Gasteiger partial charge in [0.15, 0.2) is 6.61 Å². The van der Waals surface area contributed by atoms with Crippen LogP contribution < -0.4 is 10.0 Å². The third-order valence-electron chi connectivity index (χ3n) is 4.04. The largest absolute Gasteiger partial charge is 0.456 e. The zero-order valence-electron chi connectivity index (χ0n) is 15.7. The number of carbonyl (C=O) groups excluding carboxylic acids is 2. The molecule has 1 aliphatic rings. The minimum absolute atomic E-state index is 0.0741. The van der Waals surface area contributed by atoms with Crippen LogP contribution in [0, 0.1) is 10.1 Å². The predicted octanol–water partition coefficient (Wildman–Crippen LogP) is 1.86. The highest BCUT2D eigenvalue weighted by Gasteiger charge is 2.30. The molecular weight excluding hydrogens is 452 g/mol. The van der Waals surface area contributed by atoms with Crippen LogP contribution in [0.25, 0.3) is 0 Å². The fourth-order valence-electron chi connectivity index (χ4n) is 2.68. The molecule has 2 aromatic carbocycles. The number of amides is 1. The van der Waals surface area contributed by atoms with Gasteiger partial charge in [-0.2, -0.15) is 0 Å². The van der Waals surface area contributed by atoms with E-state index in [0.29, 0.717) is 5.56 Å². The van der Waals surface area contributed by atoms with E-state index in [2.05, 4.69) is 15.0 Å². The van der Waals surface area contributed by atoms with Crippen molar-refractivity contribution in [3.63, 3.8) is 0 Å². The number of carbonyl (C=O) groups is 2. The smallest absolute Gasteiger partial charge is 0.308 e. The van der Waals surface area contributed by atoms with Crippen LogP contribution in [0.15, 0.2) is 52.4 Å². The number of nitro groups is 1. The lowest BCUT2D eigenvalue weighted by molar-refractivity contribution is -0.383. The molecule has 1 aliphatic heterocycles. The number of ether oxygens (including phenoxy) is 1. The lowest BCUT2D eigenvalue weighted by Crippen LogP contribution is -2.23. The number of esters is 1. The summed E-state index contributed by atoms with van der Waals surface area (Å²) < 4.78 is 31.1. The number of amidine groups is 1. The first-order valence-corrected chi connectivity index (χ1v) is 10.6. The first-order valence-electron chi connectivity index (χ1n) is 8.73. The number of nitro benzene ring substituents is 1. The fraction of sp³-hybridized carbons (Fsp3) is 0.167. The second-order valence-corrected chi connectivity index (χ2v) is 8.30. The highest BCUT2D eigenvalue weighted by Crippen LogP contribution is 2.27. The molecule has 2 aromatic rings. The molecule has 0 radical (unpaired) electrons. The summed E-state index contributed by atoms with van der Waals surface area (Å²) in [7, 11) is -3.68. The Morgan fingerprint density at radius 2 is 1.97 bits per heavy atom. The average Bonchev–Trinajstić information content (AvgIpc) is 2.98. The summed E-state index contributed by atoms with van der Waals surface area (Å²) in [5, 5.41) is 13.4. The Kier molecular flexibility index (Phi) is 6.51. The van der Waals surface area contributed by atoms with E-state index in [-0.39, 0.29) is 34.4 Å². The third-order valence-corrected chi connectivity index (χ3v) is 5.68. The maximum atomic E-state index is 12.0. The van der Waals surface area contributed by atoms with Crippen molar-refractivity contribution in [1.29, 1.82) is 0 Å². The van der Waals surface area contributed by atoms with Crippen LogP contribution in [-0.4, -0.2) is 44.2 Å². The SMILES string of the molecule is O=C(COC(=O)CCN=C1NS(=O)(=O)c2ccccc21)Nc1ccc(Cl)cc1[N+](=O)[O-]. The van der Waals surface area contributed by atoms with Gasteiger partial charge >= 0.3 is 5.97 Å². The molecule has 1 heterocycles. The first-order chi connectivity index (χ1) is 14.7. The summed E-state index contributed by atoms with van der Waals surface area (Å²) in [6.07, 6.45) is -0.207. The highest BCUT2D eigenvalue weighted by molar-refractivity contribution is 7.90. The van der Waals surface area contributed by atoms with Crippen LogP contribution in [0.4, 0.5) is 11.4 Å². The molecule has 11 nitrogen and oxygen atoms in total. The number of sulfonamides is 1. The molecule has 1 amide bonds. The van der Waals surface area contributed by atoms with E-state index in [1.165, 1.54) is 18.2 Å². The van der Waals surface area contributed by atoms with E-state index in [0.717, 1.165) is 6.07 Å². The Morgan fingerprint density at radius 1 is 1.23 bits per heavy atom. The van der Waals surface area contributed by atoms with Gasteiger partial charge in [0.1, 0.15) is 11.5 Å². The second kappa shape index (κ2) is 9.10. The van der Waals surface area contributed by atoms with Gasteiger partial charge in [0.2, 0.25) is 0 Å². The summed E-state index contributed by atoms with van der Waals surface area (Å²) in [5.41, 5.74) is -0.0869. The summed E-state index contributed by atoms with van der Waals surface area (Å²) >= 11 is 5.70. The molecule has 0 saturated carbocycles. The van der Waals surface area contributed by atoms with Crippen LogP contribution >= 0.6 is 11.6 Å². The number of aliphatic imine (C=N–C) groups is 1. The molecule has 0 unspecified atom stereocenters. The topological polar surface area (TPSA) is 157 Å². The number of nitrogens with one attached hydrogen (secondary N) is 2. The van der Waals surface area contributed by atoms with Crippen LogP contribution in [0.3, 0.4) is 0 Å². The van der Waals surface area contributed by atoms with Gasteiger partial charge < -0.3 is 10.1 Å². The molecule has 3 rings (SSSR count). The highest BCUT2D eigenvalue weighted by atomic mass is 35.5. The zero-order valence-corrected chi connectivity index (χ0v) is 17.3. The van der Waals surface area contributed by atoms with E-state index < -0.39 is 39.1 Å². The van der Waals surface area contributed by atoms with Gasteiger partial charge in [-0.3, -0.25) is 29.4 Å². The number of halogens is 1. The molecule has 0 bridgehead atoms. The maximum Gasteiger partial charge on any atom is 0.308 e. The number of benzene rings is 2. The van der Waals surface area contributed by atoms with Gasteiger partial charge in [-0.05, 0) is 24.3 Å². The molecule has 0 saturated heterocycles. The van der Waals surface area contributed by atoms with Crippen molar-refractivity contribution in [2.45, 2.75) is 11.3 Å². The van der Waals surface area contributed by atoms with Gasteiger partial charge in [0.05, 0.1) is 22.8 Å². The summed E-state index contributed by atoms with van der Waals surface area (Å²) in [5.74, 6) is -1.40. The minimum atomic E-state index is -3.68. The van der Waals surface area contributed by atoms with E-state index in [1.54, 1.807) is 18.2 Å². The van der Waals surface area contributed by atoms with Gasteiger partial charge in [-0.25, -0.2) is 8.42 Å². The summed E-state index contributed by atoms with van der Waals surface area (Å²) in [6, 6.07) is 9.98. The quantitative estimate of drug-likeness (QED) is 0.358. The van der Waals surface area contributed by atoms with Crippen molar-refractivity contribution in [3.8, 4) is 0 Å². The Labute approximate surface area is 181 Å². The van der Waals surface area contributed by atoms with E-state index in [4.69, 9.17) is 16.3 Å².